The quantitative estimate of drug-likeness (QED) is 0.753. The highest BCUT2D eigenvalue weighted by molar-refractivity contribution is 6.05. The highest BCUT2D eigenvalue weighted by Crippen LogP contribution is 2.40. The Balaban J connectivity index is 2.07. The van der Waals surface area contributed by atoms with Gasteiger partial charge in [-0.3, -0.25) is 14.5 Å². The van der Waals surface area contributed by atoms with E-state index in [1.807, 2.05) is 6.92 Å². The van der Waals surface area contributed by atoms with Crippen molar-refractivity contribution in [3.05, 3.63) is 0 Å². The number of amides is 2. The van der Waals surface area contributed by atoms with Crippen LogP contribution in [0.15, 0.2) is 0 Å². The Morgan fingerprint density at radius 2 is 1.82 bits per heavy atom. The van der Waals surface area contributed by atoms with E-state index in [9.17, 15) is 14.7 Å². The van der Waals surface area contributed by atoms with Crippen LogP contribution in [0, 0.1) is 11.8 Å². The molecule has 1 aliphatic carbocycles. The van der Waals surface area contributed by atoms with Crippen LogP contribution in [0.2, 0.25) is 0 Å². The Morgan fingerprint density at radius 3 is 2.29 bits per heavy atom. The van der Waals surface area contributed by atoms with Gasteiger partial charge in [-0.15, -0.1) is 0 Å². The van der Waals surface area contributed by atoms with Gasteiger partial charge in [-0.1, -0.05) is 19.8 Å². The van der Waals surface area contributed by atoms with Gasteiger partial charge in [0.15, 0.2) is 0 Å². The molecule has 2 fully saturated rings. The molecule has 1 saturated carbocycles. The molecule has 96 valence electrons. The lowest BCUT2D eigenvalue weighted by molar-refractivity contribution is -0.144. The third-order valence-electron chi connectivity index (χ3n) is 3.97. The molecule has 0 aromatic heterocycles. The van der Waals surface area contributed by atoms with Gasteiger partial charge in [0.25, 0.3) is 0 Å². The van der Waals surface area contributed by atoms with Gasteiger partial charge in [-0.25, -0.2) is 0 Å². The van der Waals surface area contributed by atoms with Crippen molar-refractivity contribution in [2.24, 2.45) is 11.8 Å². The number of carbonyl (C=O) groups excluding carboxylic acids is 2. The molecular weight excluding hydrogens is 218 g/mol. The molecule has 0 aromatic rings. The summed E-state index contributed by atoms with van der Waals surface area (Å²) in [6.45, 7) is 3.84. The first-order chi connectivity index (χ1) is 7.96. The number of fused-ring (bicyclic) bond motifs is 1. The Labute approximate surface area is 102 Å². The van der Waals surface area contributed by atoms with Crippen LogP contribution >= 0.6 is 0 Å². The zero-order valence-electron chi connectivity index (χ0n) is 10.6. The second-order valence-corrected chi connectivity index (χ2v) is 5.65. The lowest BCUT2D eigenvalue weighted by Crippen LogP contribution is -2.44. The topological polar surface area (TPSA) is 57.6 Å². The van der Waals surface area contributed by atoms with Crippen molar-refractivity contribution in [2.75, 3.05) is 6.54 Å². The number of nitrogens with zero attached hydrogens (tertiary/aromatic N) is 1. The van der Waals surface area contributed by atoms with Crippen LogP contribution in [0.3, 0.4) is 0 Å². The Bertz CT molecular complexity index is 316. The molecule has 4 nitrogen and oxygen atoms in total. The summed E-state index contributed by atoms with van der Waals surface area (Å²) in [5.74, 6) is -0.317. The first-order valence-electron chi connectivity index (χ1n) is 6.54. The lowest BCUT2D eigenvalue weighted by atomic mass is 10.00. The molecule has 0 bridgehead atoms. The summed E-state index contributed by atoms with van der Waals surface area (Å²) in [6.07, 6.45) is 4.10. The second kappa shape index (κ2) is 4.41. The second-order valence-electron chi connectivity index (χ2n) is 5.65. The Kier molecular flexibility index (Phi) is 3.25. The van der Waals surface area contributed by atoms with Crippen molar-refractivity contribution in [3.63, 3.8) is 0 Å². The van der Waals surface area contributed by atoms with Gasteiger partial charge < -0.3 is 5.11 Å². The maximum Gasteiger partial charge on any atom is 0.233 e. The van der Waals surface area contributed by atoms with Gasteiger partial charge in [-0.2, -0.15) is 0 Å². The summed E-state index contributed by atoms with van der Waals surface area (Å²) in [6, 6.07) is 0. The molecule has 1 N–H and O–H groups in total. The normalized spacial score (nSPS) is 31.8. The third-order valence-corrected chi connectivity index (χ3v) is 3.97. The number of carbonyl (C=O) groups is 2. The van der Waals surface area contributed by atoms with Crippen molar-refractivity contribution < 1.29 is 14.7 Å². The molecule has 1 saturated heterocycles. The van der Waals surface area contributed by atoms with Crippen molar-refractivity contribution in [3.8, 4) is 0 Å². The van der Waals surface area contributed by atoms with E-state index in [-0.39, 0.29) is 30.2 Å². The molecule has 2 aliphatic rings. The summed E-state index contributed by atoms with van der Waals surface area (Å²) >= 11 is 0. The molecular formula is C13H21NO3. The van der Waals surface area contributed by atoms with E-state index in [1.54, 1.807) is 6.92 Å². The van der Waals surface area contributed by atoms with E-state index in [1.165, 1.54) is 4.90 Å². The summed E-state index contributed by atoms with van der Waals surface area (Å²) < 4.78 is 0. The minimum Gasteiger partial charge on any atom is -0.388 e. The van der Waals surface area contributed by atoms with Crippen molar-refractivity contribution in [1.82, 2.24) is 4.90 Å². The van der Waals surface area contributed by atoms with Crippen molar-refractivity contribution in [2.45, 2.75) is 51.6 Å². The van der Waals surface area contributed by atoms with Crippen LogP contribution in [0.1, 0.15) is 46.0 Å². The average Bonchev–Trinajstić information content (AvgIpc) is 2.79. The Hall–Kier alpha value is -0.900. The first kappa shape index (κ1) is 12.6. The smallest absolute Gasteiger partial charge is 0.233 e. The maximum absolute atomic E-state index is 12.1. The highest BCUT2D eigenvalue weighted by atomic mass is 16.3. The number of imide groups is 1. The minimum absolute atomic E-state index is 0.0612. The SMILES string of the molecule is CCCC(C)(O)CN1C(=O)C2CCCC2C1=O. The van der Waals surface area contributed by atoms with Crippen LogP contribution < -0.4 is 0 Å². The van der Waals surface area contributed by atoms with Crippen molar-refractivity contribution in [1.29, 1.82) is 0 Å². The van der Waals surface area contributed by atoms with E-state index in [0.29, 0.717) is 6.42 Å². The van der Waals surface area contributed by atoms with Crippen LogP contribution in [-0.2, 0) is 9.59 Å². The summed E-state index contributed by atoms with van der Waals surface area (Å²) in [5, 5.41) is 10.1. The molecule has 0 aromatic carbocycles. The number of β-amino-alcohol motifs (C(OH)–C–C–N with tert-alkyl or cyclic N) is 1. The molecule has 2 rings (SSSR count). The van der Waals surface area contributed by atoms with E-state index in [2.05, 4.69) is 0 Å². The van der Waals surface area contributed by atoms with Crippen LogP contribution in [0.4, 0.5) is 0 Å². The number of likely N-dealkylation sites (tertiary alicyclic amines) is 1. The van der Waals surface area contributed by atoms with Crippen LogP contribution in [0.5, 0.6) is 0 Å². The van der Waals surface area contributed by atoms with Crippen molar-refractivity contribution >= 4 is 11.8 Å². The highest BCUT2D eigenvalue weighted by Gasteiger charge is 2.50. The zero-order chi connectivity index (χ0) is 12.6. The van der Waals surface area contributed by atoms with Gasteiger partial charge in [0.1, 0.15) is 0 Å². The average molecular weight is 239 g/mol. The number of rotatable bonds is 4. The number of hydrogen-bond donors (Lipinski definition) is 1. The molecule has 2 amide bonds. The predicted molar refractivity (Wildman–Crippen MR) is 63.1 cm³/mol. The summed E-state index contributed by atoms with van der Waals surface area (Å²) in [4.78, 5) is 25.4. The van der Waals surface area contributed by atoms with E-state index in [0.717, 1.165) is 25.7 Å². The fourth-order valence-corrected chi connectivity index (χ4v) is 3.17. The monoisotopic (exact) mass is 239 g/mol. The fraction of sp³-hybridized carbons (Fsp3) is 0.846. The lowest BCUT2D eigenvalue weighted by Gasteiger charge is -2.28. The van der Waals surface area contributed by atoms with E-state index >= 15 is 0 Å². The molecule has 4 heteroatoms. The number of aliphatic hydroxyl groups is 1. The van der Waals surface area contributed by atoms with Gasteiger partial charge in [0.05, 0.1) is 24.0 Å². The van der Waals surface area contributed by atoms with E-state index in [4.69, 9.17) is 0 Å². The van der Waals surface area contributed by atoms with Crippen LogP contribution in [-0.4, -0.2) is 34.0 Å². The molecule has 1 aliphatic heterocycles. The first-order valence-corrected chi connectivity index (χ1v) is 6.54. The maximum atomic E-state index is 12.1. The minimum atomic E-state index is -0.946. The molecule has 3 atom stereocenters. The van der Waals surface area contributed by atoms with Gasteiger partial charge in [0, 0.05) is 0 Å². The van der Waals surface area contributed by atoms with Gasteiger partial charge in [-0.05, 0) is 26.2 Å². The standard InChI is InChI=1S/C13H21NO3/c1-3-7-13(2,17)8-14-11(15)9-5-4-6-10(9)12(14)16/h9-10,17H,3-8H2,1-2H3. The summed E-state index contributed by atoms with van der Waals surface area (Å²) in [5.41, 5.74) is -0.946. The largest absolute Gasteiger partial charge is 0.388 e. The molecule has 0 radical (unpaired) electrons. The van der Waals surface area contributed by atoms with Crippen LogP contribution in [0.25, 0.3) is 0 Å². The van der Waals surface area contributed by atoms with Gasteiger partial charge >= 0.3 is 0 Å². The molecule has 1 heterocycles. The van der Waals surface area contributed by atoms with E-state index < -0.39 is 5.60 Å². The third kappa shape index (κ3) is 2.23. The molecule has 0 spiro atoms. The predicted octanol–water partition coefficient (Wildman–Crippen LogP) is 1.32. The Morgan fingerprint density at radius 1 is 1.29 bits per heavy atom. The zero-order valence-corrected chi connectivity index (χ0v) is 10.6. The fourth-order valence-electron chi connectivity index (χ4n) is 3.17. The molecule has 17 heavy (non-hydrogen) atoms. The number of hydrogen-bond acceptors (Lipinski definition) is 3. The summed E-state index contributed by atoms with van der Waals surface area (Å²) in [7, 11) is 0. The molecule has 3 unspecified atom stereocenters. The van der Waals surface area contributed by atoms with Gasteiger partial charge in [0.2, 0.25) is 11.8 Å².